The van der Waals surface area contributed by atoms with E-state index in [1.54, 1.807) is 0 Å². The first-order valence-corrected chi connectivity index (χ1v) is 8.34. The molecule has 6 nitrogen and oxygen atoms in total. The van der Waals surface area contributed by atoms with Crippen molar-refractivity contribution in [1.82, 2.24) is 15.5 Å². The van der Waals surface area contributed by atoms with Gasteiger partial charge >= 0.3 is 18.0 Å². The van der Waals surface area contributed by atoms with Crippen LogP contribution in [0, 0.1) is 0 Å². The molecule has 0 fully saturated rings. The summed E-state index contributed by atoms with van der Waals surface area (Å²) >= 11 is 0. The van der Waals surface area contributed by atoms with E-state index < -0.39 is 23.7 Å². The van der Waals surface area contributed by atoms with Crippen LogP contribution < -0.4 is 5.32 Å². The molecule has 0 bridgehead atoms. The molecule has 2 N–H and O–H groups in total. The van der Waals surface area contributed by atoms with Crippen molar-refractivity contribution >= 4 is 5.91 Å². The molecule has 0 aliphatic rings. The van der Waals surface area contributed by atoms with Crippen molar-refractivity contribution in [2.75, 3.05) is 6.61 Å². The zero-order valence-corrected chi connectivity index (χ0v) is 14.5. The molecule has 0 spiro atoms. The fraction of sp³-hybridized carbons (Fsp3) is 0.211. The Balaban J connectivity index is 1.68. The number of amides is 1. The zero-order valence-electron chi connectivity index (χ0n) is 14.5. The summed E-state index contributed by atoms with van der Waals surface area (Å²) in [7, 11) is 0. The van der Waals surface area contributed by atoms with Crippen molar-refractivity contribution in [1.29, 1.82) is 0 Å². The third-order valence-electron chi connectivity index (χ3n) is 3.97. The largest absolute Gasteiger partial charge is 0.416 e. The van der Waals surface area contributed by atoms with E-state index in [2.05, 4.69) is 15.5 Å². The topological polar surface area (TPSA) is 88.2 Å². The fourth-order valence-electron chi connectivity index (χ4n) is 2.55. The van der Waals surface area contributed by atoms with Crippen LogP contribution in [0.15, 0.2) is 59.1 Å². The van der Waals surface area contributed by atoms with Crippen LogP contribution >= 0.6 is 0 Å². The van der Waals surface area contributed by atoms with Gasteiger partial charge in [0.15, 0.2) is 0 Å². The number of halogens is 3. The van der Waals surface area contributed by atoms with E-state index in [1.165, 1.54) is 12.1 Å². The molecule has 0 saturated heterocycles. The molecule has 2 aromatic carbocycles. The predicted octanol–water partition coefficient (Wildman–Crippen LogP) is 3.09. The van der Waals surface area contributed by atoms with Gasteiger partial charge in [-0.15, -0.1) is 0 Å². The van der Waals surface area contributed by atoms with Gasteiger partial charge in [0.2, 0.25) is 5.82 Å². The second-order valence-corrected chi connectivity index (χ2v) is 6.04. The normalized spacial score (nSPS) is 12.6. The first-order valence-electron chi connectivity index (χ1n) is 8.34. The van der Waals surface area contributed by atoms with Crippen molar-refractivity contribution in [3.8, 4) is 11.4 Å². The average molecular weight is 391 g/mol. The second kappa shape index (κ2) is 8.22. The second-order valence-electron chi connectivity index (χ2n) is 6.04. The number of benzene rings is 2. The Morgan fingerprint density at radius 1 is 1.11 bits per heavy atom. The summed E-state index contributed by atoms with van der Waals surface area (Å²) in [5.41, 5.74) is 0.404. The molecule has 1 aromatic heterocycles. The van der Waals surface area contributed by atoms with Crippen LogP contribution in [0.1, 0.15) is 21.8 Å². The van der Waals surface area contributed by atoms with Crippen molar-refractivity contribution < 1.29 is 27.6 Å². The quantitative estimate of drug-likeness (QED) is 0.674. The van der Waals surface area contributed by atoms with Gasteiger partial charge in [0.25, 0.3) is 0 Å². The minimum Gasteiger partial charge on any atom is -0.394 e. The summed E-state index contributed by atoms with van der Waals surface area (Å²) in [6.45, 7) is -0.291. The molecule has 0 aliphatic carbocycles. The van der Waals surface area contributed by atoms with Gasteiger partial charge in [-0.2, -0.15) is 18.2 Å². The summed E-state index contributed by atoms with van der Waals surface area (Å²) in [5, 5.41) is 15.7. The Bertz CT molecular complexity index is 925. The molecule has 3 rings (SSSR count). The molecule has 9 heteroatoms. The van der Waals surface area contributed by atoms with E-state index >= 15 is 0 Å². The van der Waals surface area contributed by atoms with Crippen LogP contribution in [0.5, 0.6) is 0 Å². The zero-order chi connectivity index (χ0) is 20.1. The first kappa shape index (κ1) is 19.6. The number of alkyl halides is 3. The van der Waals surface area contributed by atoms with Gasteiger partial charge < -0.3 is 14.9 Å². The fourth-order valence-corrected chi connectivity index (χ4v) is 2.55. The van der Waals surface area contributed by atoms with Crippen molar-refractivity contribution in [3.63, 3.8) is 0 Å². The summed E-state index contributed by atoms with van der Waals surface area (Å²) in [5.74, 6) is -1.04. The Morgan fingerprint density at radius 3 is 2.39 bits per heavy atom. The van der Waals surface area contributed by atoms with Crippen molar-refractivity contribution in [2.45, 2.75) is 18.6 Å². The van der Waals surface area contributed by atoms with Gasteiger partial charge in [-0.1, -0.05) is 47.6 Å². The van der Waals surface area contributed by atoms with E-state index in [9.17, 15) is 23.1 Å². The number of hydrogen-bond acceptors (Lipinski definition) is 5. The highest BCUT2D eigenvalue weighted by Crippen LogP contribution is 2.30. The lowest BCUT2D eigenvalue weighted by Crippen LogP contribution is -2.39. The number of aliphatic hydroxyl groups is 1. The summed E-state index contributed by atoms with van der Waals surface area (Å²) in [6.07, 6.45) is -4.04. The van der Waals surface area contributed by atoms with Gasteiger partial charge in [0, 0.05) is 5.56 Å². The first-order chi connectivity index (χ1) is 13.4. The number of nitrogens with zero attached hydrogens (tertiary/aromatic N) is 2. The van der Waals surface area contributed by atoms with E-state index in [0.717, 1.165) is 17.7 Å². The number of hydrogen-bond donors (Lipinski definition) is 2. The van der Waals surface area contributed by atoms with Gasteiger partial charge in [0.1, 0.15) is 0 Å². The van der Waals surface area contributed by atoms with Crippen LogP contribution in [-0.4, -0.2) is 33.8 Å². The summed E-state index contributed by atoms with van der Waals surface area (Å²) in [6, 6.07) is 12.9. The maximum Gasteiger partial charge on any atom is 0.416 e. The molecule has 3 aromatic rings. The predicted molar refractivity (Wildman–Crippen MR) is 93.2 cm³/mol. The molecule has 0 saturated carbocycles. The van der Waals surface area contributed by atoms with Crippen LogP contribution in [0.2, 0.25) is 0 Å². The number of aliphatic hydroxyl groups excluding tert-OH is 1. The van der Waals surface area contributed by atoms with Gasteiger partial charge in [0.05, 0.1) is 18.2 Å². The molecular weight excluding hydrogens is 375 g/mol. The number of carbonyl (C=O) groups is 1. The number of carbonyl (C=O) groups excluding carboxylic acids is 1. The highest BCUT2D eigenvalue weighted by Gasteiger charge is 2.30. The molecular formula is C19H16F3N3O3. The molecule has 1 atom stereocenters. The van der Waals surface area contributed by atoms with E-state index in [4.69, 9.17) is 4.52 Å². The maximum atomic E-state index is 12.6. The van der Waals surface area contributed by atoms with Crippen molar-refractivity contribution in [2.24, 2.45) is 0 Å². The Hall–Kier alpha value is -3.20. The lowest BCUT2D eigenvalue weighted by molar-refractivity contribution is -0.137. The minimum absolute atomic E-state index is 0.0116. The molecule has 28 heavy (non-hydrogen) atoms. The highest BCUT2D eigenvalue weighted by atomic mass is 19.4. The highest BCUT2D eigenvalue weighted by molar-refractivity contribution is 5.90. The average Bonchev–Trinajstić information content (AvgIpc) is 3.18. The molecule has 0 unspecified atom stereocenters. The lowest BCUT2D eigenvalue weighted by atomic mass is 10.1. The molecule has 0 radical (unpaired) electrons. The number of nitrogens with one attached hydrogen (secondary N) is 1. The number of rotatable bonds is 6. The van der Waals surface area contributed by atoms with E-state index in [-0.39, 0.29) is 23.9 Å². The molecule has 0 aliphatic heterocycles. The molecule has 1 amide bonds. The molecule has 1 heterocycles. The van der Waals surface area contributed by atoms with Crippen LogP contribution in [0.25, 0.3) is 11.4 Å². The summed E-state index contributed by atoms with van der Waals surface area (Å²) < 4.78 is 42.8. The Labute approximate surface area is 158 Å². The van der Waals surface area contributed by atoms with Crippen LogP contribution in [-0.2, 0) is 12.6 Å². The molecule has 146 valence electrons. The van der Waals surface area contributed by atoms with E-state index in [0.29, 0.717) is 6.42 Å². The standard InChI is InChI=1S/C19H16F3N3O3/c20-19(21,22)14-8-6-13(7-9-14)16-24-18(28-25-16)17(27)23-15(11-26)10-12-4-2-1-3-5-12/h1-9,15,26H,10-11H2,(H,23,27)/t15-/m0/s1. The third kappa shape index (κ3) is 4.74. The Kier molecular flexibility index (Phi) is 5.74. The monoisotopic (exact) mass is 391 g/mol. The lowest BCUT2D eigenvalue weighted by Gasteiger charge is -2.14. The van der Waals surface area contributed by atoms with Gasteiger partial charge in [-0.05, 0) is 24.1 Å². The van der Waals surface area contributed by atoms with Gasteiger partial charge in [-0.3, -0.25) is 4.79 Å². The summed E-state index contributed by atoms with van der Waals surface area (Å²) in [4.78, 5) is 16.2. The van der Waals surface area contributed by atoms with Crippen LogP contribution in [0.3, 0.4) is 0 Å². The SMILES string of the molecule is O=C(N[C@H](CO)Cc1ccccc1)c1nc(-c2ccc(C(F)(F)F)cc2)no1. The maximum absolute atomic E-state index is 12.6. The van der Waals surface area contributed by atoms with Crippen LogP contribution in [0.4, 0.5) is 13.2 Å². The minimum atomic E-state index is -4.45. The number of aromatic nitrogens is 2. The Morgan fingerprint density at radius 2 is 1.79 bits per heavy atom. The third-order valence-corrected chi connectivity index (χ3v) is 3.97. The van der Waals surface area contributed by atoms with Crippen molar-refractivity contribution in [3.05, 3.63) is 71.6 Å². The smallest absolute Gasteiger partial charge is 0.394 e. The van der Waals surface area contributed by atoms with Gasteiger partial charge in [-0.25, -0.2) is 0 Å². The van der Waals surface area contributed by atoms with E-state index in [1.807, 2.05) is 30.3 Å².